The molecule has 7 heteroatoms. The Bertz CT molecular complexity index is 608. The topological polar surface area (TPSA) is 81.0 Å². The van der Waals surface area contributed by atoms with Crippen LogP contribution in [0.5, 0.6) is 0 Å². The van der Waals surface area contributed by atoms with Crippen LogP contribution in [0.2, 0.25) is 0 Å². The molecule has 5 nitrogen and oxygen atoms in total. The van der Waals surface area contributed by atoms with E-state index in [0.29, 0.717) is 16.8 Å². The number of aromatic nitrogens is 2. The third-order valence-electron chi connectivity index (χ3n) is 2.81. The van der Waals surface area contributed by atoms with E-state index in [4.69, 9.17) is 5.73 Å². The van der Waals surface area contributed by atoms with Gasteiger partial charge in [-0.05, 0) is 17.7 Å². The molecule has 0 aliphatic heterocycles. The number of nitrogens with two attached hydrogens (primary N) is 1. The van der Waals surface area contributed by atoms with Gasteiger partial charge in [0.05, 0.1) is 19.0 Å². The first-order chi connectivity index (χ1) is 9.51. The van der Waals surface area contributed by atoms with Crippen LogP contribution >= 0.6 is 0 Å². The first-order valence-corrected chi connectivity index (χ1v) is 5.83. The third kappa shape index (κ3) is 3.00. The monoisotopic (exact) mass is 281 g/mol. The minimum atomic E-state index is -0.866. The highest BCUT2D eigenvalue weighted by molar-refractivity contribution is 5.76. The van der Waals surface area contributed by atoms with Gasteiger partial charge in [-0.3, -0.25) is 9.89 Å². The van der Waals surface area contributed by atoms with Crippen LogP contribution in [0, 0.1) is 11.6 Å². The van der Waals surface area contributed by atoms with Crippen molar-refractivity contribution in [2.45, 2.75) is 12.5 Å². The van der Waals surface area contributed by atoms with Crippen molar-refractivity contribution in [3.05, 3.63) is 41.6 Å². The molecule has 20 heavy (non-hydrogen) atoms. The van der Waals surface area contributed by atoms with Crippen LogP contribution in [0.4, 0.5) is 8.78 Å². The molecule has 2 rings (SSSR count). The quantitative estimate of drug-likeness (QED) is 0.830. The van der Waals surface area contributed by atoms with Crippen molar-refractivity contribution in [3.8, 4) is 11.3 Å². The van der Waals surface area contributed by atoms with E-state index in [1.807, 2.05) is 0 Å². The fourth-order valence-corrected chi connectivity index (χ4v) is 1.89. The Kier molecular flexibility index (Phi) is 4.09. The normalized spacial score (nSPS) is 12.2. The van der Waals surface area contributed by atoms with Gasteiger partial charge in [0.1, 0.15) is 17.7 Å². The first-order valence-electron chi connectivity index (χ1n) is 5.83. The van der Waals surface area contributed by atoms with Gasteiger partial charge < -0.3 is 10.5 Å². The number of methoxy groups -OCH3 is 1. The van der Waals surface area contributed by atoms with Gasteiger partial charge in [-0.15, -0.1) is 0 Å². The maximum atomic E-state index is 13.2. The average Bonchev–Trinajstić information content (AvgIpc) is 2.84. The zero-order valence-corrected chi connectivity index (χ0v) is 10.7. The third-order valence-corrected chi connectivity index (χ3v) is 2.81. The van der Waals surface area contributed by atoms with E-state index in [0.717, 1.165) is 6.07 Å². The molecule has 0 spiro atoms. The predicted octanol–water partition coefficient (Wildman–Crippen LogP) is 1.40. The molecule has 0 bridgehead atoms. The lowest BCUT2D eigenvalue weighted by Gasteiger charge is -2.09. The van der Waals surface area contributed by atoms with E-state index in [2.05, 4.69) is 14.9 Å². The second kappa shape index (κ2) is 5.79. The number of carbonyl (C=O) groups excluding carboxylic acids is 1. The van der Waals surface area contributed by atoms with Crippen molar-refractivity contribution < 1.29 is 18.3 Å². The number of hydrogen-bond donors (Lipinski definition) is 2. The van der Waals surface area contributed by atoms with Gasteiger partial charge in [0, 0.05) is 18.1 Å². The smallest absolute Gasteiger partial charge is 0.322 e. The molecule has 0 amide bonds. The van der Waals surface area contributed by atoms with Gasteiger partial charge in [0.2, 0.25) is 0 Å². The molecule has 0 radical (unpaired) electrons. The minimum absolute atomic E-state index is 0.149. The Morgan fingerprint density at radius 3 is 2.65 bits per heavy atom. The van der Waals surface area contributed by atoms with Gasteiger partial charge in [-0.2, -0.15) is 5.10 Å². The standard InChI is InChI=1S/C13H13F2N3O2/c1-20-13(19)11(16)4-8-6-17-18-12(8)7-2-9(14)5-10(15)3-7/h2-3,5-6,11H,4,16H2,1H3,(H,17,18). The number of hydrogen-bond acceptors (Lipinski definition) is 4. The molecular weight excluding hydrogens is 268 g/mol. The molecule has 1 atom stereocenters. The number of nitrogens with one attached hydrogen (secondary N) is 1. The molecule has 0 aliphatic carbocycles. The van der Waals surface area contributed by atoms with Gasteiger partial charge in [-0.1, -0.05) is 0 Å². The highest BCUT2D eigenvalue weighted by atomic mass is 19.1. The molecule has 1 heterocycles. The van der Waals surface area contributed by atoms with Gasteiger partial charge >= 0.3 is 5.97 Å². The van der Waals surface area contributed by atoms with Crippen LogP contribution in [-0.4, -0.2) is 29.3 Å². The van der Waals surface area contributed by atoms with E-state index >= 15 is 0 Å². The lowest BCUT2D eigenvalue weighted by molar-refractivity contribution is -0.142. The molecule has 0 saturated carbocycles. The Labute approximate surface area is 113 Å². The number of halogens is 2. The van der Waals surface area contributed by atoms with Gasteiger partial charge in [0.15, 0.2) is 0 Å². The zero-order valence-electron chi connectivity index (χ0n) is 10.7. The van der Waals surface area contributed by atoms with Crippen LogP contribution in [0.1, 0.15) is 5.56 Å². The maximum Gasteiger partial charge on any atom is 0.322 e. The lowest BCUT2D eigenvalue weighted by Crippen LogP contribution is -2.33. The summed E-state index contributed by atoms with van der Waals surface area (Å²) < 4.78 is 31.0. The van der Waals surface area contributed by atoms with Crippen molar-refractivity contribution in [1.29, 1.82) is 0 Å². The van der Waals surface area contributed by atoms with E-state index in [1.165, 1.54) is 25.4 Å². The largest absolute Gasteiger partial charge is 0.468 e. The predicted molar refractivity (Wildman–Crippen MR) is 67.6 cm³/mol. The molecule has 1 unspecified atom stereocenters. The first kappa shape index (κ1) is 14.1. The Morgan fingerprint density at radius 2 is 2.05 bits per heavy atom. The maximum absolute atomic E-state index is 13.2. The zero-order chi connectivity index (χ0) is 14.7. The van der Waals surface area contributed by atoms with Gasteiger partial charge in [-0.25, -0.2) is 8.78 Å². The van der Waals surface area contributed by atoms with Crippen molar-refractivity contribution in [2.75, 3.05) is 7.11 Å². The number of ether oxygens (including phenoxy) is 1. The van der Waals surface area contributed by atoms with Crippen molar-refractivity contribution >= 4 is 5.97 Å². The number of benzene rings is 1. The van der Waals surface area contributed by atoms with Crippen molar-refractivity contribution in [1.82, 2.24) is 10.2 Å². The number of aromatic amines is 1. The SMILES string of the molecule is COC(=O)C(N)Cc1cn[nH]c1-c1cc(F)cc(F)c1. The highest BCUT2D eigenvalue weighted by Crippen LogP contribution is 2.24. The van der Waals surface area contributed by atoms with E-state index in [1.54, 1.807) is 0 Å². The summed E-state index contributed by atoms with van der Waals surface area (Å²) in [4.78, 5) is 11.3. The number of carbonyl (C=O) groups is 1. The fourth-order valence-electron chi connectivity index (χ4n) is 1.89. The number of H-pyrrole nitrogens is 1. The fraction of sp³-hybridized carbons (Fsp3) is 0.231. The lowest BCUT2D eigenvalue weighted by atomic mass is 10.0. The summed E-state index contributed by atoms with van der Waals surface area (Å²) in [5.41, 5.74) is 6.96. The molecule has 2 aromatic rings. The molecular formula is C13H13F2N3O2. The summed E-state index contributed by atoms with van der Waals surface area (Å²) in [5.74, 6) is -1.96. The van der Waals surface area contributed by atoms with Crippen LogP contribution in [0.15, 0.2) is 24.4 Å². The molecule has 1 aromatic carbocycles. The van der Waals surface area contributed by atoms with Crippen LogP contribution in [-0.2, 0) is 16.0 Å². The summed E-state index contributed by atoms with van der Waals surface area (Å²) in [6.07, 6.45) is 1.61. The Hall–Kier alpha value is -2.28. The molecule has 0 aliphatic rings. The van der Waals surface area contributed by atoms with Crippen molar-refractivity contribution in [2.24, 2.45) is 5.73 Å². The summed E-state index contributed by atoms with van der Waals surface area (Å²) in [5, 5.41) is 6.47. The summed E-state index contributed by atoms with van der Waals surface area (Å²) in [7, 11) is 1.24. The Balaban J connectivity index is 2.30. The highest BCUT2D eigenvalue weighted by Gasteiger charge is 2.18. The van der Waals surface area contributed by atoms with Gasteiger partial charge in [0.25, 0.3) is 0 Å². The molecule has 0 fully saturated rings. The van der Waals surface area contributed by atoms with Crippen molar-refractivity contribution in [3.63, 3.8) is 0 Å². The molecule has 0 saturated heterocycles. The van der Waals surface area contributed by atoms with Crippen LogP contribution in [0.25, 0.3) is 11.3 Å². The minimum Gasteiger partial charge on any atom is -0.468 e. The van der Waals surface area contributed by atoms with E-state index < -0.39 is 23.6 Å². The number of rotatable bonds is 4. The summed E-state index contributed by atoms with van der Waals surface area (Å²) in [6, 6.07) is 2.25. The summed E-state index contributed by atoms with van der Waals surface area (Å²) in [6.45, 7) is 0. The van der Waals surface area contributed by atoms with Crippen LogP contribution < -0.4 is 5.73 Å². The number of nitrogens with zero attached hydrogens (tertiary/aromatic N) is 1. The second-order valence-electron chi connectivity index (χ2n) is 4.26. The second-order valence-corrected chi connectivity index (χ2v) is 4.26. The molecule has 3 N–H and O–H groups in total. The van der Waals surface area contributed by atoms with E-state index in [9.17, 15) is 13.6 Å². The summed E-state index contributed by atoms with van der Waals surface area (Å²) >= 11 is 0. The number of esters is 1. The average molecular weight is 281 g/mol. The van der Waals surface area contributed by atoms with Crippen LogP contribution in [0.3, 0.4) is 0 Å². The Morgan fingerprint density at radius 1 is 1.40 bits per heavy atom. The van der Waals surface area contributed by atoms with E-state index in [-0.39, 0.29) is 6.42 Å². The molecule has 1 aromatic heterocycles. The molecule has 106 valence electrons.